The van der Waals surface area contributed by atoms with Crippen LogP contribution < -0.4 is 5.32 Å². The highest BCUT2D eigenvalue weighted by atomic mass is 32.1. The van der Waals surface area contributed by atoms with E-state index in [4.69, 9.17) is 9.47 Å². The molecule has 1 atom stereocenters. The van der Waals surface area contributed by atoms with E-state index in [0.717, 1.165) is 29.1 Å². The standard InChI is InChI=1S/C14H19N3O2S/c1-9-10(2)20-13-11(9)12(16-8-17-13)15-6-14(18-3)4-5-19-7-14/h8H,4-7H2,1-3H3,(H,15,16,17). The van der Waals surface area contributed by atoms with Crippen molar-refractivity contribution >= 4 is 27.4 Å². The zero-order valence-electron chi connectivity index (χ0n) is 12.0. The second kappa shape index (κ2) is 5.27. The van der Waals surface area contributed by atoms with Gasteiger partial charge in [0.25, 0.3) is 0 Å². The Labute approximate surface area is 122 Å². The van der Waals surface area contributed by atoms with Crippen LogP contribution in [-0.4, -0.2) is 42.4 Å². The predicted molar refractivity (Wildman–Crippen MR) is 80.6 cm³/mol. The Kier molecular flexibility index (Phi) is 3.62. The summed E-state index contributed by atoms with van der Waals surface area (Å²) in [5.41, 5.74) is 1.01. The van der Waals surface area contributed by atoms with Gasteiger partial charge in [-0.25, -0.2) is 9.97 Å². The largest absolute Gasteiger partial charge is 0.378 e. The molecule has 0 amide bonds. The number of rotatable bonds is 4. The monoisotopic (exact) mass is 293 g/mol. The molecule has 1 unspecified atom stereocenters. The smallest absolute Gasteiger partial charge is 0.138 e. The van der Waals surface area contributed by atoms with Crippen LogP contribution in [0.2, 0.25) is 0 Å². The fourth-order valence-corrected chi connectivity index (χ4v) is 3.52. The van der Waals surface area contributed by atoms with Gasteiger partial charge in [-0.05, 0) is 19.4 Å². The number of fused-ring (bicyclic) bond motifs is 1. The van der Waals surface area contributed by atoms with Gasteiger partial charge in [-0.15, -0.1) is 11.3 Å². The summed E-state index contributed by atoms with van der Waals surface area (Å²) in [6.45, 7) is 6.32. The van der Waals surface area contributed by atoms with Crippen LogP contribution in [0.5, 0.6) is 0 Å². The topological polar surface area (TPSA) is 56.3 Å². The molecule has 2 aromatic rings. The maximum absolute atomic E-state index is 5.64. The molecule has 0 aromatic carbocycles. The van der Waals surface area contributed by atoms with Gasteiger partial charge >= 0.3 is 0 Å². The van der Waals surface area contributed by atoms with Crippen LogP contribution in [0.25, 0.3) is 10.2 Å². The van der Waals surface area contributed by atoms with E-state index in [1.165, 1.54) is 10.4 Å². The molecule has 0 aliphatic carbocycles. The first-order valence-corrected chi connectivity index (χ1v) is 7.54. The highest BCUT2D eigenvalue weighted by Crippen LogP contribution is 2.33. The van der Waals surface area contributed by atoms with E-state index in [1.807, 2.05) is 0 Å². The van der Waals surface area contributed by atoms with Gasteiger partial charge in [-0.2, -0.15) is 0 Å². The first-order chi connectivity index (χ1) is 9.65. The summed E-state index contributed by atoms with van der Waals surface area (Å²) >= 11 is 1.71. The summed E-state index contributed by atoms with van der Waals surface area (Å²) in [6.07, 6.45) is 2.52. The van der Waals surface area contributed by atoms with Gasteiger partial charge in [0.1, 0.15) is 22.6 Å². The molecule has 0 saturated carbocycles. The van der Waals surface area contributed by atoms with E-state index in [2.05, 4.69) is 29.1 Å². The third kappa shape index (κ3) is 2.28. The van der Waals surface area contributed by atoms with Gasteiger partial charge in [0, 0.05) is 31.6 Å². The molecule has 2 aromatic heterocycles. The molecular formula is C14H19N3O2S. The Balaban J connectivity index is 1.87. The summed E-state index contributed by atoms with van der Waals surface area (Å²) in [5, 5.41) is 4.55. The first kappa shape index (κ1) is 13.7. The summed E-state index contributed by atoms with van der Waals surface area (Å²) in [5.74, 6) is 0.889. The summed E-state index contributed by atoms with van der Waals surface area (Å²) < 4.78 is 11.1. The lowest BCUT2D eigenvalue weighted by Crippen LogP contribution is -2.39. The third-order valence-corrected chi connectivity index (χ3v) is 5.16. The van der Waals surface area contributed by atoms with E-state index in [0.29, 0.717) is 13.2 Å². The van der Waals surface area contributed by atoms with Crippen molar-refractivity contribution in [1.82, 2.24) is 9.97 Å². The highest BCUT2D eigenvalue weighted by molar-refractivity contribution is 7.18. The molecule has 108 valence electrons. The minimum absolute atomic E-state index is 0.240. The molecule has 1 aliphatic rings. The lowest BCUT2D eigenvalue weighted by molar-refractivity contribution is -0.00623. The Morgan fingerprint density at radius 1 is 1.45 bits per heavy atom. The molecule has 1 saturated heterocycles. The Morgan fingerprint density at radius 2 is 2.30 bits per heavy atom. The van der Waals surface area contributed by atoms with Crippen LogP contribution in [0.1, 0.15) is 16.9 Å². The van der Waals surface area contributed by atoms with E-state index in [9.17, 15) is 0 Å². The lowest BCUT2D eigenvalue weighted by Gasteiger charge is -2.26. The SMILES string of the molecule is COC1(CNc2ncnc3sc(C)c(C)c23)CCOC1. The molecule has 20 heavy (non-hydrogen) atoms. The fourth-order valence-electron chi connectivity index (χ4n) is 2.52. The van der Waals surface area contributed by atoms with E-state index in [-0.39, 0.29) is 5.60 Å². The van der Waals surface area contributed by atoms with E-state index < -0.39 is 0 Å². The van der Waals surface area contributed by atoms with Crippen molar-refractivity contribution in [2.24, 2.45) is 0 Å². The number of thiophene rings is 1. The van der Waals surface area contributed by atoms with Gasteiger partial charge in [0.15, 0.2) is 0 Å². The number of hydrogen-bond acceptors (Lipinski definition) is 6. The minimum Gasteiger partial charge on any atom is -0.378 e. The van der Waals surface area contributed by atoms with Crippen molar-refractivity contribution in [2.75, 3.05) is 32.2 Å². The van der Waals surface area contributed by atoms with Crippen molar-refractivity contribution in [3.05, 3.63) is 16.8 Å². The maximum Gasteiger partial charge on any atom is 0.138 e. The number of aromatic nitrogens is 2. The van der Waals surface area contributed by atoms with Crippen LogP contribution in [-0.2, 0) is 9.47 Å². The van der Waals surface area contributed by atoms with Gasteiger partial charge in [-0.3, -0.25) is 0 Å². The summed E-state index contributed by atoms with van der Waals surface area (Å²) in [7, 11) is 1.74. The molecule has 0 spiro atoms. The van der Waals surface area contributed by atoms with Gasteiger partial charge in [0.2, 0.25) is 0 Å². The molecular weight excluding hydrogens is 274 g/mol. The van der Waals surface area contributed by atoms with Crippen molar-refractivity contribution < 1.29 is 9.47 Å². The van der Waals surface area contributed by atoms with Crippen LogP contribution in [0.15, 0.2) is 6.33 Å². The molecule has 0 bridgehead atoms. The second-order valence-electron chi connectivity index (χ2n) is 5.23. The Morgan fingerprint density at radius 3 is 3.00 bits per heavy atom. The molecule has 5 nitrogen and oxygen atoms in total. The molecule has 6 heteroatoms. The average molecular weight is 293 g/mol. The second-order valence-corrected chi connectivity index (χ2v) is 6.43. The summed E-state index contributed by atoms with van der Waals surface area (Å²) in [6, 6.07) is 0. The number of methoxy groups -OCH3 is 1. The van der Waals surface area contributed by atoms with Crippen molar-refractivity contribution in [1.29, 1.82) is 0 Å². The first-order valence-electron chi connectivity index (χ1n) is 6.73. The Bertz CT molecular complexity index is 620. The number of nitrogens with one attached hydrogen (secondary N) is 1. The molecule has 1 fully saturated rings. The number of anilines is 1. The number of ether oxygens (including phenoxy) is 2. The van der Waals surface area contributed by atoms with Gasteiger partial charge in [-0.1, -0.05) is 0 Å². The Hall–Kier alpha value is -1.24. The molecule has 3 heterocycles. The number of hydrogen-bond donors (Lipinski definition) is 1. The minimum atomic E-state index is -0.240. The van der Waals surface area contributed by atoms with E-state index in [1.54, 1.807) is 24.8 Å². The molecule has 0 radical (unpaired) electrons. The van der Waals surface area contributed by atoms with Crippen LogP contribution in [0.3, 0.4) is 0 Å². The predicted octanol–water partition coefficient (Wildman–Crippen LogP) is 2.53. The number of nitrogens with zero attached hydrogens (tertiary/aromatic N) is 2. The number of aryl methyl sites for hydroxylation is 2. The zero-order valence-corrected chi connectivity index (χ0v) is 12.8. The molecule has 1 N–H and O–H groups in total. The quantitative estimate of drug-likeness (QED) is 0.938. The van der Waals surface area contributed by atoms with Crippen molar-refractivity contribution in [3.63, 3.8) is 0 Å². The summed E-state index contributed by atoms with van der Waals surface area (Å²) in [4.78, 5) is 11.1. The average Bonchev–Trinajstić information content (AvgIpc) is 3.04. The van der Waals surface area contributed by atoms with Crippen LogP contribution in [0.4, 0.5) is 5.82 Å². The van der Waals surface area contributed by atoms with E-state index >= 15 is 0 Å². The van der Waals surface area contributed by atoms with Gasteiger partial charge < -0.3 is 14.8 Å². The fraction of sp³-hybridized carbons (Fsp3) is 0.571. The van der Waals surface area contributed by atoms with Crippen LogP contribution in [0, 0.1) is 13.8 Å². The normalized spacial score (nSPS) is 22.6. The zero-order chi connectivity index (χ0) is 14.2. The lowest BCUT2D eigenvalue weighted by atomic mass is 10.0. The van der Waals surface area contributed by atoms with Crippen molar-refractivity contribution in [3.8, 4) is 0 Å². The maximum atomic E-state index is 5.64. The molecule has 1 aliphatic heterocycles. The third-order valence-electron chi connectivity index (χ3n) is 4.04. The van der Waals surface area contributed by atoms with Gasteiger partial charge in [0.05, 0.1) is 12.0 Å². The molecule has 3 rings (SSSR count). The van der Waals surface area contributed by atoms with Crippen molar-refractivity contribution in [2.45, 2.75) is 25.9 Å². The van der Waals surface area contributed by atoms with Crippen LogP contribution >= 0.6 is 11.3 Å². The highest BCUT2D eigenvalue weighted by Gasteiger charge is 2.35.